The van der Waals surface area contributed by atoms with E-state index < -0.39 is 11.9 Å². The van der Waals surface area contributed by atoms with Crippen LogP contribution in [0.3, 0.4) is 0 Å². The zero-order chi connectivity index (χ0) is 16.9. The normalized spacial score (nSPS) is 12.2. The first-order chi connectivity index (χ1) is 11.6. The number of hydrogen-bond donors (Lipinski definition) is 2. The molecule has 0 bridgehead atoms. The van der Waals surface area contributed by atoms with Crippen molar-refractivity contribution in [2.45, 2.75) is 19.1 Å². The summed E-state index contributed by atoms with van der Waals surface area (Å²) in [6, 6.07) is 16.5. The van der Waals surface area contributed by atoms with Crippen LogP contribution in [0.2, 0.25) is 0 Å². The maximum atomic E-state index is 12.0. The Bertz CT molecular complexity index is 883. The number of rotatable bonds is 6. The fourth-order valence-corrected chi connectivity index (χ4v) is 2.55. The van der Waals surface area contributed by atoms with Crippen molar-refractivity contribution < 1.29 is 14.3 Å². The van der Waals surface area contributed by atoms with Crippen LogP contribution >= 0.6 is 0 Å². The number of para-hydroxylation sites is 2. The zero-order valence-corrected chi connectivity index (χ0v) is 13.0. The van der Waals surface area contributed by atoms with Crippen LogP contribution in [0, 0.1) is 0 Å². The Labute approximate surface area is 138 Å². The van der Waals surface area contributed by atoms with E-state index in [1.54, 1.807) is 24.3 Å². The Kier molecular flexibility index (Phi) is 4.77. The minimum Gasteiger partial charge on any atom is -0.408 e. The third kappa shape index (κ3) is 3.72. The SMILES string of the molecule is O=C(Cn1c(=O)oc2ccccc21)NCC(O)Cc1ccccc1. The highest BCUT2D eigenvalue weighted by atomic mass is 16.4. The molecular weight excluding hydrogens is 308 g/mol. The van der Waals surface area contributed by atoms with Crippen LogP contribution in [0.5, 0.6) is 0 Å². The van der Waals surface area contributed by atoms with E-state index in [9.17, 15) is 14.7 Å². The van der Waals surface area contributed by atoms with Crippen LogP contribution in [0.1, 0.15) is 5.56 Å². The topological polar surface area (TPSA) is 84.5 Å². The molecule has 3 aromatic rings. The van der Waals surface area contributed by atoms with Gasteiger partial charge in [-0.2, -0.15) is 0 Å². The number of aliphatic hydroxyl groups excluding tert-OH is 1. The summed E-state index contributed by atoms with van der Waals surface area (Å²) >= 11 is 0. The van der Waals surface area contributed by atoms with Crippen LogP contribution < -0.4 is 11.1 Å². The molecule has 1 unspecified atom stereocenters. The van der Waals surface area contributed by atoms with Gasteiger partial charge in [-0.1, -0.05) is 42.5 Å². The summed E-state index contributed by atoms with van der Waals surface area (Å²) in [4.78, 5) is 23.9. The molecule has 0 fully saturated rings. The molecule has 0 aliphatic heterocycles. The fraction of sp³-hybridized carbons (Fsp3) is 0.222. The van der Waals surface area contributed by atoms with Gasteiger partial charge in [-0.05, 0) is 17.7 Å². The van der Waals surface area contributed by atoms with Crippen molar-refractivity contribution in [1.82, 2.24) is 9.88 Å². The Morgan fingerprint density at radius 3 is 2.62 bits per heavy atom. The van der Waals surface area contributed by atoms with Gasteiger partial charge >= 0.3 is 5.76 Å². The standard InChI is InChI=1S/C18H18N2O4/c21-14(10-13-6-2-1-3-7-13)11-19-17(22)12-20-15-8-4-5-9-16(15)24-18(20)23/h1-9,14,21H,10-12H2,(H,19,22). The number of carbonyl (C=O) groups excluding carboxylic acids is 1. The minimum absolute atomic E-state index is 0.123. The summed E-state index contributed by atoms with van der Waals surface area (Å²) in [5.41, 5.74) is 2.01. The van der Waals surface area contributed by atoms with Crippen LogP contribution in [0.4, 0.5) is 0 Å². The average Bonchev–Trinajstić information content (AvgIpc) is 2.90. The van der Waals surface area contributed by atoms with E-state index in [1.165, 1.54) is 4.57 Å². The predicted octanol–water partition coefficient (Wildman–Crippen LogP) is 1.31. The number of hydrogen-bond acceptors (Lipinski definition) is 4. The molecule has 0 saturated carbocycles. The molecule has 3 rings (SSSR count). The first-order valence-electron chi connectivity index (χ1n) is 7.70. The van der Waals surface area contributed by atoms with Crippen molar-refractivity contribution >= 4 is 17.0 Å². The van der Waals surface area contributed by atoms with Crippen molar-refractivity contribution in [2.24, 2.45) is 0 Å². The molecule has 2 aromatic carbocycles. The smallest absolute Gasteiger partial charge is 0.408 e. The Morgan fingerprint density at radius 1 is 1.12 bits per heavy atom. The molecule has 24 heavy (non-hydrogen) atoms. The van der Waals surface area contributed by atoms with Gasteiger partial charge in [0.2, 0.25) is 5.91 Å². The number of aromatic nitrogens is 1. The Hall–Kier alpha value is -2.86. The molecule has 124 valence electrons. The molecule has 0 aliphatic carbocycles. The van der Waals surface area contributed by atoms with Crippen LogP contribution in [-0.4, -0.2) is 28.2 Å². The first kappa shape index (κ1) is 16.0. The molecular formula is C18H18N2O4. The minimum atomic E-state index is -0.686. The molecule has 0 aliphatic rings. The number of benzene rings is 2. The van der Waals surface area contributed by atoms with Crippen LogP contribution in [0.15, 0.2) is 63.8 Å². The molecule has 0 saturated heterocycles. The average molecular weight is 326 g/mol. The van der Waals surface area contributed by atoms with Crippen molar-refractivity contribution in [3.05, 3.63) is 70.7 Å². The highest BCUT2D eigenvalue weighted by Gasteiger charge is 2.13. The number of fused-ring (bicyclic) bond motifs is 1. The quantitative estimate of drug-likeness (QED) is 0.715. The van der Waals surface area contributed by atoms with Gasteiger partial charge in [0.1, 0.15) is 6.54 Å². The molecule has 6 nitrogen and oxygen atoms in total. The van der Waals surface area contributed by atoms with Gasteiger partial charge in [-0.3, -0.25) is 9.36 Å². The molecule has 2 N–H and O–H groups in total. The van der Waals surface area contributed by atoms with Crippen molar-refractivity contribution in [2.75, 3.05) is 6.54 Å². The summed E-state index contributed by atoms with van der Waals surface area (Å²) in [7, 11) is 0. The maximum absolute atomic E-state index is 12.0. The zero-order valence-electron chi connectivity index (χ0n) is 13.0. The predicted molar refractivity (Wildman–Crippen MR) is 89.6 cm³/mol. The summed E-state index contributed by atoms with van der Waals surface area (Å²) in [6.45, 7) is -0.0217. The lowest BCUT2D eigenvalue weighted by Gasteiger charge is -2.12. The Morgan fingerprint density at radius 2 is 1.83 bits per heavy atom. The lowest BCUT2D eigenvalue weighted by Crippen LogP contribution is -2.36. The van der Waals surface area contributed by atoms with Gasteiger partial charge in [-0.25, -0.2) is 4.79 Å². The second-order valence-electron chi connectivity index (χ2n) is 5.57. The number of carbonyl (C=O) groups is 1. The molecule has 6 heteroatoms. The van der Waals surface area contributed by atoms with E-state index in [0.29, 0.717) is 17.5 Å². The van der Waals surface area contributed by atoms with E-state index >= 15 is 0 Å². The van der Waals surface area contributed by atoms with E-state index in [2.05, 4.69) is 5.32 Å². The summed E-state index contributed by atoms with van der Waals surface area (Å²) in [6.07, 6.45) is -0.232. The largest absolute Gasteiger partial charge is 0.420 e. The first-order valence-corrected chi connectivity index (χ1v) is 7.70. The second-order valence-corrected chi connectivity index (χ2v) is 5.57. The third-order valence-corrected chi connectivity index (χ3v) is 3.72. The molecule has 1 aromatic heterocycles. The van der Waals surface area contributed by atoms with Gasteiger partial charge in [-0.15, -0.1) is 0 Å². The molecule has 1 amide bonds. The Balaban J connectivity index is 1.57. The van der Waals surface area contributed by atoms with Crippen molar-refractivity contribution in [1.29, 1.82) is 0 Å². The molecule has 0 spiro atoms. The van der Waals surface area contributed by atoms with Gasteiger partial charge < -0.3 is 14.8 Å². The summed E-state index contributed by atoms with van der Waals surface area (Å²) in [5.74, 6) is -0.924. The van der Waals surface area contributed by atoms with Crippen LogP contribution in [0.25, 0.3) is 11.1 Å². The van der Waals surface area contributed by atoms with Gasteiger partial charge in [0, 0.05) is 13.0 Å². The van der Waals surface area contributed by atoms with E-state index in [0.717, 1.165) is 5.56 Å². The summed E-state index contributed by atoms with van der Waals surface area (Å²) in [5, 5.41) is 12.6. The van der Waals surface area contributed by atoms with E-state index in [1.807, 2.05) is 30.3 Å². The van der Waals surface area contributed by atoms with Crippen LogP contribution in [-0.2, 0) is 17.8 Å². The van der Waals surface area contributed by atoms with Crippen molar-refractivity contribution in [3.8, 4) is 0 Å². The van der Waals surface area contributed by atoms with E-state index in [-0.39, 0.29) is 19.0 Å². The van der Waals surface area contributed by atoms with Gasteiger partial charge in [0.15, 0.2) is 5.58 Å². The number of aliphatic hydroxyl groups is 1. The number of nitrogens with zero attached hydrogens (tertiary/aromatic N) is 1. The number of nitrogens with one attached hydrogen (secondary N) is 1. The van der Waals surface area contributed by atoms with Crippen molar-refractivity contribution in [3.63, 3.8) is 0 Å². The van der Waals surface area contributed by atoms with Gasteiger partial charge in [0.25, 0.3) is 0 Å². The monoisotopic (exact) mass is 326 g/mol. The fourth-order valence-electron chi connectivity index (χ4n) is 2.55. The lowest BCUT2D eigenvalue weighted by molar-refractivity contribution is -0.122. The maximum Gasteiger partial charge on any atom is 0.420 e. The third-order valence-electron chi connectivity index (χ3n) is 3.72. The lowest BCUT2D eigenvalue weighted by atomic mass is 10.1. The molecule has 1 heterocycles. The van der Waals surface area contributed by atoms with E-state index in [4.69, 9.17) is 4.42 Å². The second kappa shape index (κ2) is 7.14. The number of amides is 1. The molecule has 1 atom stereocenters. The number of oxazole rings is 1. The van der Waals surface area contributed by atoms with Gasteiger partial charge in [0.05, 0.1) is 11.6 Å². The molecule has 0 radical (unpaired) electrons. The highest BCUT2D eigenvalue weighted by molar-refractivity contribution is 5.79. The summed E-state index contributed by atoms with van der Waals surface area (Å²) < 4.78 is 6.35. The highest BCUT2D eigenvalue weighted by Crippen LogP contribution is 2.11.